The molecule has 0 aliphatic heterocycles. The highest BCUT2D eigenvalue weighted by Crippen LogP contribution is 2.05. The van der Waals surface area contributed by atoms with Crippen LogP contribution >= 0.6 is 0 Å². The van der Waals surface area contributed by atoms with E-state index in [2.05, 4.69) is 10.5 Å². The first-order valence-electron chi connectivity index (χ1n) is 4.66. The second kappa shape index (κ2) is 6.57. The van der Waals surface area contributed by atoms with Crippen LogP contribution in [0, 0.1) is 0 Å². The van der Waals surface area contributed by atoms with Crippen LogP contribution in [0.4, 0.5) is 0 Å². The highest BCUT2D eigenvalue weighted by molar-refractivity contribution is 5.85. The molecule has 0 aromatic carbocycles. The molecule has 0 rings (SSSR count). The number of hydrogen-bond donors (Lipinski definition) is 6. The van der Waals surface area contributed by atoms with Gasteiger partial charge in [-0.2, -0.15) is 0 Å². The van der Waals surface area contributed by atoms with Crippen molar-refractivity contribution in [3.8, 4) is 0 Å². The lowest BCUT2D eigenvalue weighted by Gasteiger charge is -2.32. The zero-order valence-electron chi connectivity index (χ0n) is 8.72. The average molecular weight is 221 g/mol. The number of nitrogens with two attached hydrogens (primary N) is 1. The van der Waals surface area contributed by atoms with Crippen LogP contribution in [-0.2, 0) is 0 Å². The minimum Gasteiger partial charge on any atom is -0.409 e. The lowest BCUT2D eigenvalue weighted by molar-refractivity contribution is 0.0387. The summed E-state index contributed by atoms with van der Waals surface area (Å²) in [6.45, 7) is 0.437. The van der Waals surface area contributed by atoms with Gasteiger partial charge in [0.05, 0.1) is 31.4 Å². The largest absolute Gasteiger partial charge is 0.409 e. The first-order chi connectivity index (χ1) is 7.09. The molecule has 0 radical (unpaired) electrons. The SMILES string of the molecule is CCC(NC(CO)(CO)CO)C(N)=NO. The first-order valence-corrected chi connectivity index (χ1v) is 4.66. The van der Waals surface area contributed by atoms with Crippen molar-refractivity contribution in [3.05, 3.63) is 0 Å². The summed E-state index contributed by atoms with van der Waals surface area (Å²) in [7, 11) is 0. The third-order valence-electron chi connectivity index (χ3n) is 2.27. The minimum absolute atomic E-state index is 0.0581. The highest BCUT2D eigenvalue weighted by atomic mass is 16.4. The maximum absolute atomic E-state index is 9.05. The summed E-state index contributed by atoms with van der Waals surface area (Å²) in [6, 6.07) is -0.513. The van der Waals surface area contributed by atoms with Crippen molar-refractivity contribution in [3.63, 3.8) is 0 Å². The summed E-state index contributed by atoms with van der Waals surface area (Å²) in [5, 5.41) is 41.2. The van der Waals surface area contributed by atoms with Gasteiger partial charge in [-0.15, -0.1) is 0 Å². The molecule has 0 heterocycles. The van der Waals surface area contributed by atoms with Crippen molar-refractivity contribution in [2.24, 2.45) is 10.9 Å². The van der Waals surface area contributed by atoms with E-state index in [9.17, 15) is 0 Å². The molecule has 0 bridgehead atoms. The van der Waals surface area contributed by atoms with E-state index in [1.165, 1.54) is 0 Å². The summed E-state index contributed by atoms with van der Waals surface area (Å²) in [5.74, 6) is -0.0581. The third-order valence-corrected chi connectivity index (χ3v) is 2.27. The van der Waals surface area contributed by atoms with Crippen LogP contribution in [0.1, 0.15) is 13.3 Å². The number of hydrogen-bond acceptors (Lipinski definition) is 6. The van der Waals surface area contributed by atoms with Crippen LogP contribution in [0.3, 0.4) is 0 Å². The lowest BCUT2D eigenvalue weighted by Crippen LogP contribution is -2.61. The fraction of sp³-hybridized carbons (Fsp3) is 0.875. The normalized spacial score (nSPS) is 15.3. The van der Waals surface area contributed by atoms with E-state index in [1.54, 1.807) is 6.92 Å². The summed E-state index contributed by atoms with van der Waals surface area (Å²) < 4.78 is 0. The van der Waals surface area contributed by atoms with Crippen LogP contribution in [0.2, 0.25) is 0 Å². The Hall–Kier alpha value is -0.890. The number of oxime groups is 1. The Labute approximate surface area is 88.2 Å². The Morgan fingerprint density at radius 1 is 1.33 bits per heavy atom. The summed E-state index contributed by atoms with van der Waals surface area (Å²) in [5.41, 5.74) is 4.17. The van der Waals surface area contributed by atoms with Gasteiger partial charge in [0.25, 0.3) is 0 Å². The van der Waals surface area contributed by atoms with Crippen LogP contribution in [0.25, 0.3) is 0 Å². The van der Waals surface area contributed by atoms with Gasteiger partial charge in [-0.05, 0) is 6.42 Å². The minimum atomic E-state index is -1.23. The number of amidine groups is 1. The molecular weight excluding hydrogens is 202 g/mol. The van der Waals surface area contributed by atoms with Crippen molar-refractivity contribution in [1.82, 2.24) is 5.32 Å². The summed E-state index contributed by atoms with van der Waals surface area (Å²) >= 11 is 0. The van der Waals surface area contributed by atoms with E-state index in [0.29, 0.717) is 6.42 Å². The van der Waals surface area contributed by atoms with Crippen LogP contribution in [-0.4, -0.2) is 57.8 Å². The Balaban J connectivity index is 4.62. The molecule has 0 aliphatic rings. The van der Waals surface area contributed by atoms with Crippen LogP contribution in [0.5, 0.6) is 0 Å². The molecule has 0 fully saturated rings. The van der Waals surface area contributed by atoms with E-state index in [-0.39, 0.29) is 5.84 Å². The van der Waals surface area contributed by atoms with Gasteiger partial charge in [-0.3, -0.25) is 5.32 Å². The Kier molecular flexibility index (Phi) is 6.18. The molecule has 0 aromatic rings. The van der Waals surface area contributed by atoms with E-state index < -0.39 is 31.4 Å². The van der Waals surface area contributed by atoms with E-state index in [4.69, 9.17) is 26.3 Å². The Bertz CT molecular complexity index is 198. The van der Waals surface area contributed by atoms with Gasteiger partial charge < -0.3 is 26.3 Å². The molecule has 0 spiro atoms. The van der Waals surface area contributed by atoms with E-state index in [0.717, 1.165) is 0 Å². The second-order valence-electron chi connectivity index (χ2n) is 3.38. The molecule has 0 aromatic heterocycles. The van der Waals surface area contributed by atoms with Gasteiger partial charge in [0, 0.05) is 0 Å². The maximum atomic E-state index is 9.05. The monoisotopic (exact) mass is 221 g/mol. The summed E-state index contributed by atoms with van der Waals surface area (Å²) in [4.78, 5) is 0. The first kappa shape index (κ1) is 14.1. The van der Waals surface area contributed by atoms with Gasteiger partial charge >= 0.3 is 0 Å². The zero-order chi connectivity index (χ0) is 11.9. The Morgan fingerprint density at radius 3 is 2.07 bits per heavy atom. The van der Waals surface area contributed by atoms with Gasteiger partial charge in [-0.1, -0.05) is 12.1 Å². The predicted octanol–water partition coefficient (Wildman–Crippen LogP) is -2.18. The molecule has 7 nitrogen and oxygen atoms in total. The second-order valence-corrected chi connectivity index (χ2v) is 3.38. The molecular formula is C8H19N3O4. The molecule has 0 amide bonds. The lowest BCUT2D eigenvalue weighted by atomic mass is 10.0. The van der Waals surface area contributed by atoms with E-state index >= 15 is 0 Å². The molecule has 90 valence electrons. The van der Waals surface area contributed by atoms with Gasteiger partial charge in [0.2, 0.25) is 0 Å². The highest BCUT2D eigenvalue weighted by Gasteiger charge is 2.31. The maximum Gasteiger partial charge on any atom is 0.156 e. The topological polar surface area (TPSA) is 131 Å². The fourth-order valence-electron chi connectivity index (χ4n) is 1.11. The molecule has 7 N–H and O–H groups in total. The molecule has 0 saturated heterocycles. The quantitative estimate of drug-likeness (QED) is 0.125. The van der Waals surface area contributed by atoms with Crippen molar-refractivity contribution >= 4 is 5.84 Å². The van der Waals surface area contributed by atoms with Crippen molar-refractivity contribution in [2.45, 2.75) is 24.9 Å². The van der Waals surface area contributed by atoms with Crippen molar-refractivity contribution < 1.29 is 20.5 Å². The number of aliphatic hydroxyl groups excluding tert-OH is 3. The van der Waals surface area contributed by atoms with Crippen LogP contribution < -0.4 is 11.1 Å². The standard InChI is InChI=1S/C8H19N3O4/c1-2-6(7(9)11-15)10-8(3-12,4-13)5-14/h6,10,12-15H,2-5H2,1H3,(H2,9,11). The molecule has 0 aliphatic carbocycles. The summed E-state index contributed by atoms with van der Waals surface area (Å²) in [6.07, 6.45) is 0.498. The van der Waals surface area contributed by atoms with E-state index in [1.807, 2.05) is 0 Å². The van der Waals surface area contributed by atoms with Crippen LogP contribution in [0.15, 0.2) is 5.16 Å². The zero-order valence-corrected chi connectivity index (χ0v) is 8.72. The molecule has 7 heteroatoms. The molecule has 1 unspecified atom stereocenters. The number of nitrogens with one attached hydrogen (secondary N) is 1. The smallest absolute Gasteiger partial charge is 0.156 e. The predicted molar refractivity (Wildman–Crippen MR) is 54.6 cm³/mol. The number of rotatable bonds is 7. The average Bonchev–Trinajstić information content (AvgIpc) is 2.31. The van der Waals surface area contributed by atoms with Gasteiger partial charge in [0.1, 0.15) is 0 Å². The Morgan fingerprint density at radius 2 is 1.80 bits per heavy atom. The van der Waals surface area contributed by atoms with Crippen molar-refractivity contribution in [2.75, 3.05) is 19.8 Å². The molecule has 15 heavy (non-hydrogen) atoms. The number of aliphatic hydroxyl groups is 3. The van der Waals surface area contributed by atoms with Gasteiger partial charge in [0.15, 0.2) is 5.84 Å². The third kappa shape index (κ3) is 3.63. The molecule has 0 saturated carbocycles. The van der Waals surface area contributed by atoms with Gasteiger partial charge in [-0.25, -0.2) is 0 Å². The molecule has 1 atom stereocenters. The van der Waals surface area contributed by atoms with Crippen molar-refractivity contribution in [1.29, 1.82) is 0 Å². The number of nitrogens with zero attached hydrogens (tertiary/aromatic N) is 1. The fourth-order valence-corrected chi connectivity index (χ4v) is 1.11.